The van der Waals surface area contributed by atoms with Crippen molar-refractivity contribution in [1.29, 1.82) is 0 Å². The third-order valence-corrected chi connectivity index (χ3v) is 7.49. The molecule has 36 heavy (non-hydrogen) atoms. The summed E-state index contributed by atoms with van der Waals surface area (Å²) in [7, 11) is 0. The molecule has 0 aromatic heterocycles. The van der Waals surface area contributed by atoms with Gasteiger partial charge in [-0.05, 0) is 73.0 Å². The molecule has 2 fully saturated rings. The average molecular weight is 501 g/mol. The molecular weight excluding hydrogens is 471 g/mol. The van der Waals surface area contributed by atoms with Gasteiger partial charge in [-0.3, -0.25) is 9.69 Å². The van der Waals surface area contributed by atoms with Gasteiger partial charge in [0.15, 0.2) is 5.17 Å². The molecule has 0 radical (unpaired) electrons. The summed E-state index contributed by atoms with van der Waals surface area (Å²) < 4.78 is 20.3. The molecule has 184 valence electrons. The number of carbonyl (C=O) groups excluding carboxylic acids is 1. The zero-order valence-corrected chi connectivity index (χ0v) is 21.1. The maximum atomic E-state index is 14.3. The van der Waals surface area contributed by atoms with E-state index in [4.69, 9.17) is 4.74 Å². The molecule has 0 bridgehead atoms. The molecule has 0 N–H and O–H groups in total. The first-order valence-electron chi connectivity index (χ1n) is 12.4. The van der Waals surface area contributed by atoms with Crippen LogP contribution in [0.1, 0.15) is 48.8 Å². The molecule has 5 rings (SSSR count). The quantitative estimate of drug-likeness (QED) is 0.327. The van der Waals surface area contributed by atoms with Crippen molar-refractivity contribution in [3.63, 3.8) is 0 Å². The molecule has 1 aliphatic heterocycles. The molecule has 6 heteroatoms. The lowest BCUT2D eigenvalue weighted by Crippen LogP contribution is -2.40. The van der Waals surface area contributed by atoms with Gasteiger partial charge in [-0.2, -0.15) is 0 Å². The van der Waals surface area contributed by atoms with E-state index in [0.717, 1.165) is 42.6 Å². The van der Waals surface area contributed by atoms with Gasteiger partial charge in [-0.25, -0.2) is 9.38 Å². The molecule has 1 amide bonds. The van der Waals surface area contributed by atoms with Gasteiger partial charge in [0, 0.05) is 6.04 Å². The molecular formula is C30H29FN2O2S. The zero-order chi connectivity index (χ0) is 24.9. The fourth-order valence-electron chi connectivity index (χ4n) is 4.65. The fourth-order valence-corrected chi connectivity index (χ4v) is 5.70. The Bertz CT molecular complexity index is 1300. The Hall–Kier alpha value is -3.38. The smallest absolute Gasteiger partial charge is 0.267 e. The number of amides is 1. The standard InChI is InChI=1S/C30H29FN2O2S/c1-21-8-7-9-23(18-21)20-35-25-16-14-22(15-17-25)19-28-29(34)33(24-10-3-2-4-11-24)30(36-28)32-27-13-6-5-12-26(27)31/h5-9,12-19,24H,2-4,10-11,20H2,1H3/b28-19-,32-30?. The van der Waals surface area contributed by atoms with Gasteiger partial charge in [-0.1, -0.05) is 73.4 Å². The number of hydrogen-bond donors (Lipinski definition) is 0. The minimum atomic E-state index is -0.389. The first-order chi connectivity index (χ1) is 17.6. The minimum absolute atomic E-state index is 0.0539. The van der Waals surface area contributed by atoms with E-state index in [1.54, 1.807) is 23.1 Å². The Balaban J connectivity index is 1.35. The molecule has 2 aliphatic rings. The summed E-state index contributed by atoms with van der Waals surface area (Å²) >= 11 is 1.32. The lowest BCUT2D eigenvalue weighted by molar-refractivity contribution is -0.124. The van der Waals surface area contributed by atoms with Crippen molar-refractivity contribution in [2.24, 2.45) is 4.99 Å². The summed E-state index contributed by atoms with van der Waals surface area (Å²) in [6, 6.07) is 22.5. The Morgan fingerprint density at radius 1 is 1.03 bits per heavy atom. The number of benzene rings is 3. The number of aryl methyl sites for hydroxylation is 1. The van der Waals surface area contributed by atoms with Gasteiger partial charge < -0.3 is 4.74 Å². The van der Waals surface area contributed by atoms with E-state index in [0.29, 0.717) is 16.7 Å². The van der Waals surface area contributed by atoms with Gasteiger partial charge in [0.2, 0.25) is 0 Å². The van der Waals surface area contributed by atoms with Crippen LogP contribution in [-0.2, 0) is 11.4 Å². The van der Waals surface area contributed by atoms with Crippen LogP contribution in [0.15, 0.2) is 82.7 Å². The maximum absolute atomic E-state index is 14.3. The second-order valence-electron chi connectivity index (χ2n) is 9.27. The highest BCUT2D eigenvalue weighted by molar-refractivity contribution is 8.18. The largest absolute Gasteiger partial charge is 0.489 e. The van der Waals surface area contributed by atoms with Crippen molar-refractivity contribution in [2.75, 3.05) is 0 Å². The highest BCUT2D eigenvalue weighted by atomic mass is 32.2. The highest BCUT2D eigenvalue weighted by Crippen LogP contribution is 2.39. The van der Waals surface area contributed by atoms with E-state index in [9.17, 15) is 9.18 Å². The highest BCUT2D eigenvalue weighted by Gasteiger charge is 2.38. The summed E-state index contributed by atoms with van der Waals surface area (Å²) in [4.78, 5) is 20.5. The van der Waals surface area contributed by atoms with Crippen LogP contribution in [0.3, 0.4) is 0 Å². The minimum Gasteiger partial charge on any atom is -0.489 e. The van der Waals surface area contributed by atoms with Crippen molar-refractivity contribution in [2.45, 2.75) is 51.7 Å². The summed E-state index contributed by atoms with van der Waals surface area (Å²) in [6.45, 7) is 2.57. The molecule has 3 aromatic carbocycles. The van der Waals surface area contributed by atoms with Crippen molar-refractivity contribution < 1.29 is 13.9 Å². The number of para-hydroxylation sites is 1. The molecule has 4 nitrogen and oxygen atoms in total. The zero-order valence-electron chi connectivity index (χ0n) is 20.3. The third-order valence-electron chi connectivity index (χ3n) is 6.51. The Morgan fingerprint density at radius 3 is 2.56 bits per heavy atom. The van der Waals surface area contributed by atoms with E-state index in [-0.39, 0.29) is 23.5 Å². The van der Waals surface area contributed by atoms with E-state index < -0.39 is 0 Å². The molecule has 0 unspecified atom stereocenters. The first-order valence-corrected chi connectivity index (χ1v) is 13.2. The molecule has 0 atom stereocenters. The van der Waals surface area contributed by atoms with Crippen LogP contribution in [0.25, 0.3) is 6.08 Å². The number of rotatable bonds is 6. The number of ether oxygens (including phenoxy) is 1. The monoisotopic (exact) mass is 500 g/mol. The normalized spacial score (nSPS) is 18.8. The fraction of sp³-hybridized carbons (Fsp3) is 0.267. The van der Waals surface area contributed by atoms with E-state index in [2.05, 4.69) is 24.0 Å². The number of amidine groups is 1. The van der Waals surface area contributed by atoms with Crippen LogP contribution in [0.4, 0.5) is 10.1 Å². The van der Waals surface area contributed by atoms with Crippen molar-refractivity contribution in [3.8, 4) is 5.75 Å². The van der Waals surface area contributed by atoms with Crippen molar-refractivity contribution in [1.82, 2.24) is 4.90 Å². The SMILES string of the molecule is Cc1cccc(COc2ccc(/C=C3\SC(=Nc4ccccc4F)N(C4CCCCC4)C3=O)cc2)c1. The van der Waals surface area contributed by atoms with E-state index in [1.807, 2.05) is 42.5 Å². The maximum Gasteiger partial charge on any atom is 0.267 e. The topological polar surface area (TPSA) is 41.9 Å². The van der Waals surface area contributed by atoms with Crippen LogP contribution in [0, 0.1) is 12.7 Å². The van der Waals surface area contributed by atoms with Crippen molar-refractivity contribution in [3.05, 3.63) is 100 Å². The number of halogens is 1. The van der Waals surface area contributed by atoms with Crippen LogP contribution in [0.2, 0.25) is 0 Å². The number of thioether (sulfide) groups is 1. The van der Waals surface area contributed by atoms with Gasteiger partial charge in [0.05, 0.1) is 4.91 Å². The Kier molecular flexibility index (Phi) is 7.52. The third kappa shape index (κ3) is 5.71. The van der Waals surface area contributed by atoms with Crippen LogP contribution >= 0.6 is 11.8 Å². The van der Waals surface area contributed by atoms with Gasteiger partial charge in [0.1, 0.15) is 23.9 Å². The first kappa shape index (κ1) is 24.3. The summed E-state index contributed by atoms with van der Waals surface area (Å²) in [6.07, 6.45) is 7.15. The van der Waals surface area contributed by atoms with Crippen LogP contribution < -0.4 is 4.74 Å². The van der Waals surface area contributed by atoms with Gasteiger partial charge in [-0.15, -0.1) is 0 Å². The lowest BCUT2D eigenvalue weighted by atomic mass is 9.94. The molecule has 1 heterocycles. The average Bonchev–Trinajstić information content (AvgIpc) is 3.19. The number of nitrogens with zero attached hydrogens (tertiary/aromatic N) is 2. The van der Waals surface area contributed by atoms with Crippen molar-refractivity contribution >= 4 is 34.6 Å². The summed E-state index contributed by atoms with van der Waals surface area (Å²) in [5.74, 6) is 0.330. The van der Waals surface area contributed by atoms with E-state index >= 15 is 0 Å². The molecule has 1 aliphatic carbocycles. The second-order valence-corrected chi connectivity index (χ2v) is 10.3. The molecule has 3 aromatic rings. The second kappa shape index (κ2) is 11.1. The van der Waals surface area contributed by atoms with Crippen LogP contribution in [-0.4, -0.2) is 22.0 Å². The van der Waals surface area contributed by atoms with Crippen LogP contribution in [0.5, 0.6) is 5.75 Å². The molecule has 1 saturated heterocycles. The van der Waals surface area contributed by atoms with Gasteiger partial charge >= 0.3 is 0 Å². The summed E-state index contributed by atoms with van der Waals surface area (Å²) in [5.41, 5.74) is 3.49. The predicted octanol–water partition coefficient (Wildman–Crippen LogP) is 7.65. The molecule has 0 spiro atoms. The Labute approximate surface area is 215 Å². The predicted molar refractivity (Wildman–Crippen MR) is 145 cm³/mol. The number of carbonyl (C=O) groups is 1. The molecule has 1 saturated carbocycles. The lowest BCUT2D eigenvalue weighted by Gasteiger charge is -2.30. The summed E-state index contributed by atoms with van der Waals surface area (Å²) in [5, 5.41) is 0.557. The van der Waals surface area contributed by atoms with E-state index in [1.165, 1.54) is 29.8 Å². The Morgan fingerprint density at radius 2 is 1.81 bits per heavy atom. The number of aliphatic imine (C=N–C) groups is 1. The number of hydrogen-bond acceptors (Lipinski definition) is 4. The van der Waals surface area contributed by atoms with Gasteiger partial charge in [0.25, 0.3) is 5.91 Å².